The average Bonchev–Trinajstić information content (AvgIpc) is 2.86. The van der Waals surface area contributed by atoms with Crippen molar-refractivity contribution in [2.24, 2.45) is 0 Å². The molecule has 0 saturated carbocycles. The summed E-state index contributed by atoms with van der Waals surface area (Å²) in [7, 11) is 0. The second-order valence-electron chi connectivity index (χ2n) is 5.02. The van der Waals surface area contributed by atoms with Crippen LogP contribution in [0.3, 0.4) is 0 Å². The number of fused-ring (bicyclic) bond motifs is 3. The molecule has 0 aliphatic carbocycles. The highest BCUT2D eigenvalue weighted by molar-refractivity contribution is 9.10. The molecule has 4 nitrogen and oxygen atoms in total. The van der Waals surface area contributed by atoms with Gasteiger partial charge in [0.25, 0.3) is 0 Å². The predicted octanol–water partition coefficient (Wildman–Crippen LogP) is 4.42. The van der Waals surface area contributed by atoms with E-state index in [2.05, 4.69) is 25.9 Å². The highest BCUT2D eigenvalue weighted by Gasteiger charge is 2.17. The Bertz CT molecular complexity index is 1140. The third-order valence-corrected chi connectivity index (χ3v) is 4.43. The number of rotatable bonds is 1. The lowest BCUT2D eigenvalue weighted by molar-refractivity contribution is 0.618. The lowest BCUT2D eigenvalue weighted by Crippen LogP contribution is -2.16. The van der Waals surface area contributed by atoms with E-state index in [4.69, 9.17) is 11.6 Å². The summed E-state index contributed by atoms with van der Waals surface area (Å²) in [6, 6.07) is 10.1. The second-order valence-corrected chi connectivity index (χ2v) is 6.34. The van der Waals surface area contributed by atoms with Crippen molar-refractivity contribution >= 4 is 49.5 Å². The third kappa shape index (κ3) is 2.17. The minimum Gasteiger partial charge on any atom is -0.304 e. The van der Waals surface area contributed by atoms with E-state index < -0.39 is 11.5 Å². The lowest BCUT2D eigenvalue weighted by Gasteiger charge is -2.08. The van der Waals surface area contributed by atoms with E-state index in [-0.39, 0.29) is 10.7 Å². The fraction of sp³-hybridized carbons (Fsp3) is 0. The summed E-state index contributed by atoms with van der Waals surface area (Å²) < 4.78 is 16.5. The van der Waals surface area contributed by atoms with E-state index in [0.29, 0.717) is 16.6 Å². The number of halogens is 3. The maximum atomic E-state index is 14.4. The second kappa shape index (κ2) is 5.18. The van der Waals surface area contributed by atoms with Crippen molar-refractivity contribution in [2.75, 3.05) is 0 Å². The molecule has 0 aliphatic heterocycles. The van der Waals surface area contributed by atoms with Crippen LogP contribution >= 0.6 is 27.5 Å². The van der Waals surface area contributed by atoms with Crippen molar-refractivity contribution in [1.29, 1.82) is 0 Å². The monoisotopic (exact) mass is 391 g/mol. The van der Waals surface area contributed by atoms with Crippen molar-refractivity contribution in [1.82, 2.24) is 14.5 Å². The Morgan fingerprint density at radius 2 is 2.09 bits per heavy atom. The van der Waals surface area contributed by atoms with Gasteiger partial charge >= 0.3 is 5.69 Å². The SMILES string of the molecule is O=c1[nH]c2cnc3ccc(Br)cc3c2n1-c1cccc(Cl)c1F. The first-order valence-electron chi connectivity index (χ1n) is 6.69. The summed E-state index contributed by atoms with van der Waals surface area (Å²) >= 11 is 9.27. The Morgan fingerprint density at radius 3 is 2.91 bits per heavy atom. The number of hydrogen-bond donors (Lipinski definition) is 1. The van der Waals surface area contributed by atoms with Gasteiger partial charge in [-0.05, 0) is 30.3 Å². The first-order chi connectivity index (χ1) is 11.1. The fourth-order valence-electron chi connectivity index (χ4n) is 2.65. The van der Waals surface area contributed by atoms with Gasteiger partial charge in [0, 0.05) is 9.86 Å². The molecule has 0 fully saturated rings. The number of H-pyrrole nitrogens is 1. The van der Waals surface area contributed by atoms with Gasteiger partial charge in [-0.15, -0.1) is 0 Å². The maximum Gasteiger partial charge on any atom is 0.331 e. The van der Waals surface area contributed by atoms with Crippen LogP contribution in [0, 0.1) is 5.82 Å². The number of benzene rings is 2. The van der Waals surface area contributed by atoms with Gasteiger partial charge < -0.3 is 4.98 Å². The molecule has 0 radical (unpaired) electrons. The summed E-state index contributed by atoms with van der Waals surface area (Å²) in [6.45, 7) is 0. The molecule has 0 unspecified atom stereocenters. The standard InChI is InChI=1S/C16H8BrClFN3O/c17-8-4-5-11-9(6-8)15-12(7-20-11)21-16(23)22(15)13-3-1-2-10(18)14(13)19/h1-7H,(H,21,23). The Morgan fingerprint density at radius 1 is 1.26 bits per heavy atom. The van der Waals surface area contributed by atoms with Gasteiger partial charge in [0.1, 0.15) is 0 Å². The minimum atomic E-state index is -0.642. The highest BCUT2D eigenvalue weighted by atomic mass is 79.9. The van der Waals surface area contributed by atoms with Crippen molar-refractivity contribution in [3.8, 4) is 5.69 Å². The maximum absolute atomic E-state index is 14.4. The van der Waals surface area contributed by atoms with Crippen molar-refractivity contribution in [3.05, 3.63) is 68.4 Å². The molecule has 0 amide bonds. The van der Waals surface area contributed by atoms with E-state index in [0.717, 1.165) is 9.86 Å². The number of aromatic nitrogens is 3. The van der Waals surface area contributed by atoms with Gasteiger partial charge in [-0.3, -0.25) is 9.55 Å². The zero-order chi connectivity index (χ0) is 16.1. The molecule has 0 spiro atoms. The number of aromatic amines is 1. The smallest absolute Gasteiger partial charge is 0.304 e. The molecule has 1 N–H and O–H groups in total. The Hall–Kier alpha value is -2.18. The Kier molecular flexibility index (Phi) is 3.25. The summed E-state index contributed by atoms with van der Waals surface area (Å²) in [5.41, 5.74) is 1.44. The molecule has 0 aliphatic rings. The average molecular weight is 393 g/mol. The lowest BCUT2D eigenvalue weighted by atomic mass is 10.2. The zero-order valence-electron chi connectivity index (χ0n) is 11.5. The topological polar surface area (TPSA) is 50.7 Å². The van der Waals surface area contributed by atoms with Gasteiger partial charge in [0.2, 0.25) is 0 Å². The van der Waals surface area contributed by atoms with Gasteiger partial charge in [0.15, 0.2) is 5.82 Å². The zero-order valence-corrected chi connectivity index (χ0v) is 13.8. The van der Waals surface area contributed by atoms with Crippen LogP contribution in [0.15, 0.2) is 51.9 Å². The van der Waals surface area contributed by atoms with E-state index in [1.165, 1.54) is 16.7 Å². The quantitative estimate of drug-likeness (QED) is 0.521. The van der Waals surface area contributed by atoms with Crippen LogP contribution in [0.4, 0.5) is 4.39 Å². The number of nitrogens with one attached hydrogen (secondary N) is 1. The molecule has 0 bridgehead atoms. The minimum absolute atomic E-state index is 0.0386. The first kappa shape index (κ1) is 14.4. The summed E-state index contributed by atoms with van der Waals surface area (Å²) in [6.07, 6.45) is 1.56. The van der Waals surface area contributed by atoms with Crippen LogP contribution < -0.4 is 5.69 Å². The number of pyridine rings is 1. The molecule has 23 heavy (non-hydrogen) atoms. The normalized spacial score (nSPS) is 11.4. The number of imidazole rings is 1. The van der Waals surface area contributed by atoms with Crippen LogP contribution in [0.25, 0.3) is 27.6 Å². The molecule has 2 heterocycles. The molecule has 2 aromatic heterocycles. The van der Waals surface area contributed by atoms with Crippen molar-refractivity contribution < 1.29 is 4.39 Å². The molecule has 7 heteroatoms. The molecule has 4 rings (SSSR count). The van der Waals surface area contributed by atoms with Crippen molar-refractivity contribution in [3.63, 3.8) is 0 Å². The molecule has 2 aromatic carbocycles. The third-order valence-electron chi connectivity index (χ3n) is 3.64. The Balaban J connectivity index is 2.23. The van der Waals surface area contributed by atoms with Crippen molar-refractivity contribution in [2.45, 2.75) is 0 Å². The fourth-order valence-corrected chi connectivity index (χ4v) is 3.18. The molecular formula is C16H8BrClFN3O. The summed E-state index contributed by atoms with van der Waals surface area (Å²) in [4.78, 5) is 19.4. The summed E-state index contributed by atoms with van der Waals surface area (Å²) in [5, 5.41) is 0.692. The highest BCUT2D eigenvalue weighted by Crippen LogP contribution is 2.28. The van der Waals surface area contributed by atoms with Crippen LogP contribution in [-0.4, -0.2) is 14.5 Å². The number of nitrogens with zero attached hydrogens (tertiary/aromatic N) is 2. The first-order valence-corrected chi connectivity index (χ1v) is 7.87. The largest absolute Gasteiger partial charge is 0.331 e. The molecule has 4 aromatic rings. The van der Waals surface area contributed by atoms with Gasteiger partial charge in [0.05, 0.1) is 33.5 Å². The van der Waals surface area contributed by atoms with Crippen LogP contribution in [0.2, 0.25) is 5.02 Å². The molecule has 0 atom stereocenters. The predicted molar refractivity (Wildman–Crippen MR) is 91.9 cm³/mol. The van der Waals surface area contributed by atoms with Gasteiger partial charge in [-0.25, -0.2) is 9.18 Å². The van der Waals surface area contributed by atoms with E-state index in [9.17, 15) is 9.18 Å². The molecule has 114 valence electrons. The van der Waals surface area contributed by atoms with E-state index >= 15 is 0 Å². The van der Waals surface area contributed by atoms with Crippen LogP contribution in [0.1, 0.15) is 0 Å². The van der Waals surface area contributed by atoms with Gasteiger partial charge in [-0.1, -0.05) is 33.6 Å². The van der Waals surface area contributed by atoms with Crippen LogP contribution in [-0.2, 0) is 0 Å². The summed E-state index contributed by atoms with van der Waals surface area (Å²) in [5.74, 6) is -0.642. The van der Waals surface area contributed by atoms with Crippen LogP contribution in [0.5, 0.6) is 0 Å². The van der Waals surface area contributed by atoms with E-state index in [1.54, 1.807) is 12.3 Å². The number of hydrogen-bond acceptors (Lipinski definition) is 2. The van der Waals surface area contributed by atoms with Gasteiger partial charge in [-0.2, -0.15) is 0 Å². The van der Waals surface area contributed by atoms with E-state index in [1.807, 2.05) is 18.2 Å². The molecule has 0 saturated heterocycles. The Labute approximate surface area is 142 Å². The molecular weight excluding hydrogens is 385 g/mol.